The van der Waals surface area contributed by atoms with E-state index in [4.69, 9.17) is 5.73 Å². The summed E-state index contributed by atoms with van der Waals surface area (Å²) in [5.74, 6) is -3.44. The lowest BCUT2D eigenvalue weighted by Gasteiger charge is -2.38. The van der Waals surface area contributed by atoms with E-state index in [9.17, 15) is 35.6 Å². The molecule has 12 heteroatoms. The normalized spacial score (nSPS) is 26.4. The Bertz CT molecular complexity index is 1380. The van der Waals surface area contributed by atoms with E-state index >= 15 is 0 Å². The summed E-state index contributed by atoms with van der Waals surface area (Å²) in [6.07, 6.45) is 0.672. The summed E-state index contributed by atoms with van der Waals surface area (Å²) in [5, 5.41) is 0. The van der Waals surface area contributed by atoms with Gasteiger partial charge in [-0.25, -0.2) is 12.8 Å². The van der Waals surface area contributed by atoms with Gasteiger partial charge in [0.05, 0.1) is 21.6 Å². The van der Waals surface area contributed by atoms with Gasteiger partial charge >= 0.3 is 6.18 Å². The van der Waals surface area contributed by atoms with Gasteiger partial charge in [-0.15, -0.1) is 0 Å². The molecule has 2 amide bonds. The van der Waals surface area contributed by atoms with Crippen LogP contribution in [0.5, 0.6) is 0 Å². The van der Waals surface area contributed by atoms with Gasteiger partial charge in [0.1, 0.15) is 11.9 Å². The molecule has 3 aliphatic rings. The fraction of sp³-hybridized carbons (Fsp3) is 0.458. The number of piperidine rings is 1. The van der Waals surface area contributed by atoms with Crippen molar-refractivity contribution in [1.29, 1.82) is 0 Å². The topological polar surface area (TPSA) is 110 Å². The van der Waals surface area contributed by atoms with Gasteiger partial charge in [-0.3, -0.25) is 14.6 Å². The summed E-state index contributed by atoms with van der Waals surface area (Å²) in [6.45, 7) is 0. The van der Waals surface area contributed by atoms with Gasteiger partial charge in [0.15, 0.2) is 9.84 Å². The maximum absolute atomic E-state index is 14.6. The summed E-state index contributed by atoms with van der Waals surface area (Å²) in [4.78, 5) is 31.2. The van der Waals surface area contributed by atoms with E-state index in [2.05, 4.69) is 4.98 Å². The zero-order valence-electron chi connectivity index (χ0n) is 19.1. The van der Waals surface area contributed by atoms with E-state index in [0.29, 0.717) is 18.1 Å². The number of halogens is 4. The van der Waals surface area contributed by atoms with Crippen LogP contribution >= 0.6 is 0 Å². The predicted molar refractivity (Wildman–Crippen MR) is 119 cm³/mol. The second-order valence-electron chi connectivity index (χ2n) is 9.95. The number of pyridine rings is 1. The third-order valence-corrected chi connectivity index (χ3v) is 8.69. The Morgan fingerprint density at radius 3 is 2.44 bits per heavy atom. The number of nitrogens with zero attached hydrogens (tertiary/aromatic N) is 2. The molecule has 2 N–H and O–H groups in total. The fourth-order valence-corrected chi connectivity index (χ4v) is 6.51. The average Bonchev–Trinajstić information content (AvgIpc) is 3.70. The molecule has 192 valence electrons. The van der Waals surface area contributed by atoms with E-state index in [1.54, 1.807) is 0 Å². The van der Waals surface area contributed by atoms with Gasteiger partial charge in [-0.1, -0.05) is 6.07 Å². The summed E-state index contributed by atoms with van der Waals surface area (Å²) < 4.78 is 78.0. The molecule has 2 aliphatic carbocycles. The van der Waals surface area contributed by atoms with E-state index in [0.717, 1.165) is 31.4 Å². The second kappa shape index (κ2) is 7.99. The Morgan fingerprint density at radius 2 is 1.89 bits per heavy atom. The van der Waals surface area contributed by atoms with Crippen LogP contribution in [0.1, 0.15) is 53.1 Å². The maximum Gasteiger partial charge on any atom is 0.419 e. The number of primary amides is 1. The van der Waals surface area contributed by atoms with Crippen LogP contribution in [-0.2, 0) is 20.8 Å². The summed E-state index contributed by atoms with van der Waals surface area (Å²) >= 11 is 0. The Morgan fingerprint density at radius 1 is 1.19 bits per heavy atom. The van der Waals surface area contributed by atoms with E-state index in [1.165, 1.54) is 23.2 Å². The van der Waals surface area contributed by atoms with Gasteiger partial charge in [0.2, 0.25) is 5.91 Å². The zero-order chi connectivity index (χ0) is 26.2. The Labute approximate surface area is 204 Å². The van der Waals surface area contributed by atoms with Crippen LogP contribution in [0.25, 0.3) is 0 Å². The smallest absolute Gasteiger partial charge is 0.368 e. The molecule has 2 saturated carbocycles. The minimum Gasteiger partial charge on any atom is -0.368 e. The molecule has 0 bridgehead atoms. The lowest BCUT2D eigenvalue weighted by atomic mass is 9.82. The molecule has 1 aromatic carbocycles. The fourth-order valence-electron chi connectivity index (χ4n) is 5.92. The van der Waals surface area contributed by atoms with Crippen molar-refractivity contribution in [3.05, 3.63) is 59.2 Å². The number of hydrogen-bond donors (Lipinski definition) is 1. The molecule has 0 radical (unpaired) electrons. The first kappa shape index (κ1) is 24.7. The van der Waals surface area contributed by atoms with Crippen LogP contribution in [0.3, 0.4) is 0 Å². The number of benzene rings is 1. The summed E-state index contributed by atoms with van der Waals surface area (Å²) in [6, 6.07) is 3.02. The van der Waals surface area contributed by atoms with E-state index < -0.39 is 56.7 Å². The summed E-state index contributed by atoms with van der Waals surface area (Å²) in [7, 11) is -3.67. The Hall–Kier alpha value is -3.02. The molecule has 0 spiro atoms. The largest absolute Gasteiger partial charge is 0.419 e. The second-order valence-corrected chi connectivity index (χ2v) is 12.0. The van der Waals surface area contributed by atoms with Gasteiger partial charge in [0, 0.05) is 24.6 Å². The SMILES string of the molecule is CS(=O)(=O)c1cncc(C(=O)N2C(C(N)=O)CC3CC32[C@@H](c2ccc(C(F)(F)F)c(F)c2)C2CC2)c1. The van der Waals surface area contributed by atoms with Crippen molar-refractivity contribution in [3.8, 4) is 0 Å². The molecule has 5 rings (SSSR count). The number of carbonyl (C=O) groups excluding carboxylic acids is 2. The number of aromatic nitrogens is 1. The van der Waals surface area contributed by atoms with Crippen LogP contribution in [-0.4, -0.2) is 48.0 Å². The van der Waals surface area contributed by atoms with Crippen molar-refractivity contribution in [2.24, 2.45) is 17.6 Å². The standard InChI is InChI=1S/C24H23F4N3O4S/c1-36(34,35)16-6-14(10-30-11-16)22(33)31-19(21(29)32)8-15-9-23(15,31)20(12-2-3-12)13-4-5-17(18(25)7-13)24(26,27)28/h4-7,10-12,15,19-20H,2-3,8-9H2,1H3,(H2,29,32)/t15?,19?,20-,23?/m1/s1. The third kappa shape index (κ3) is 3.95. The molecule has 7 nitrogen and oxygen atoms in total. The quantitative estimate of drug-likeness (QED) is 0.582. The van der Waals surface area contributed by atoms with Crippen LogP contribution in [0.2, 0.25) is 0 Å². The molecule has 3 unspecified atom stereocenters. The average molecular weight is 526 g/mol. The zero-order valence-corrected chi connectivity index (χ0v) is 19.9. The van der Waals surface area contributed by atoms with Crippen molar-refractivity contribution in [3.63, 3.8) is 0 Å². The van der Waals surface area contributed by atoms with Gasteiger partial charge in [0.25, 0.3) is 5.91 Å². The van der Waals surface area contributed by atoms with E-state index in [-0.39, 0.29) is 28.7 Å². The van der Waals surface area contributed by atoms with Crippen molar-refractivity contribution in [2.45, 2.75) is 54.3 Å². The van der Waals surface area contributed by atoms with Crippen molar-refractivity contribution < 1.29 is 35.6 Å². The Kier molecular flexibility index (Phi) is 5.47. The number of rotatable bonds is 6. The summed E-state index contributed by atoms with van der Waals surface area (Å²) in [5.41, 5.74) is 3.61. The number of carbonyl (C=O) groups is 2. The Balaban J connectivity index is 1.59. The minimum absolute atomic E-state index is 0.00598. The van der Waals surface area contributed by atoms with Crippen molar-refractivity contribution in [2.75, 3.05) is 6.26 Å². The van der Waals surface area contributed by atoms with Gasteiger partial charge < -0.3 is 10.6 Å². The first-order valence-corrected chi connectivity index (χ1v) is 13.3. The number of amides is 2. The molecule has 4 atom stereocenters. The van der Waals surface area contributed by atoms with Gasteiger partial charge in [-0.05, 0) is 61.3 Å². The van der Waals surface area contributed by atoms with Crippen LogP contribution < -0.4 is 5.73 Å². The highest BCUT2D eigenvalue weighted by atomic mass is 32.2. The molecule has 3 fully saturated rings. The molecule has 2 heterocycles. The highest BCUT2D eigenvalue weighted by molar-refractivity contribution is 7.90. The number of nitrogens with two attached hydrogens (primary N) is 1. The molecule has 2 aromatic rings. The molecular weight excluding hydrogens is 502 g/mol. The monoisotopic (exact) mass is 525 g/mol. The number of likely N-dealkylation sites (tertiary alicyclic amines) is 1. The first-order chi connectivity index (χ1) is 16.7. The number of fused-ring (bicyclic) bond motifs is 1. The highest BCUT2D eigenvalue weighted by Gasteiger charge is 2.72. The molecule has 1 saturated heterocycles. The molecule has 1 aromatic heterocycles. The molecule has 36 heavy (non-hydrogen) atoms. The lowest BCUT2D eigenvalue weighted by Crippen LogP contribution is -2.53. The van der Waals surface area contributed by atoms with E-state index in [1.807, 2.05) is 0 Å². The van der Waals surface area contributed by atoms with Crippen molar-refractivity contribution >= 4 is 21.7 Å². The van der Waals surface area contributed by atoms with Crippen LogP contribution in [0.15, 0.2) is 41.6 Å². The number of sulfone groups is 1. The number of alkyl halides is 3. The van der Waals surface area contributed by atoms with Crippen LogP contribution in [0.4, 0.5) is 17.6 Å². The molecular formula is C24H23F4N3O4S. The first-order valence-electron chi connectivity index (χ1n) is 11.4. The minimum atomic E-state index is -4.85. The highest BCUT2D eigenvalue weighted by Crippen LogP contribution is 2.69. The van der Waals surface area contributed by atoms with Gasteiger partial charge in [-0.2, -0.15) is 13.2 Å². The molecule has 1 aliphatic heterocycles. The number of hydrogen-bond acceptors (Lipinski definition) is 5. The lowest BCUT2D eigenvalue weighted by molar-refractivity contribution is -0.140. The third-order valence-electron chi connectivity index (χ3n) is 7.61. The maximum atomic E-state index is 14.6. The van der Waals surface area contributed by atoms with Crippen LogP contribution in [0, 0.1) is 17.7 Å². The predicted octanol–water partition coefficient (Wildman–Crippen LogP) is 3.30. The van der Waals surface area contributed by atoms with Crippen molar-refractivity contribution in [1.82, 2.24) is 9.88 Å².